The summed E-state index contributed by atoms with van der Waals surface area (Å²) >= 11 is 5.56. The van der Waals surface area contributed by atoms with Crippen molar-refractivity contribution < 1.29 is 9.21 Å². The van der Waals surface area contributed by atoms with Gasteiger partial charge in [-0.3, -0.25) is 9.78 Å². The molecule has 1 amide bonds. The first-order chi connectivity index (χ1) is 13.7. The van der Waals surface area contributed by atoms with Gasteiger partial charge < -0.3 is 20.0 Å². The second-order valence-corrected chi connectivity index (χ2v) is 6.89. The molecule has 1 aliphatic heterocycles. The number of para-hydroxylation sites is 1. The van der Waals surface area contributed by atoms with Crippen LogP contribution in [0.2, 0.25) is 0 Å². The van der Waals surface area contributed by atoms with Crippen LogP contribution in [0.5, 0.6) is 0 Å². The number of nitrogens with one attached hydrogen (secondary N) is 2. The van der Waals surface area contributed by atoms with Crippen molar-refractivity contribution in [2.24, 2.45) is 0 Å². The first kappa shape index (κ1) is 18.2. The third kappa shape index (κ3) is 3.89. The fourth-order valence-corrected chi connectivity index (χ4v) is 3.71. The van der Waals surface area contributed by atoms with E-state index in [2.05, 4.69) is 15.6 Å². The average Bonchev–Trinajstić information content (AvgIpc) is 3.35. The number of pyridine rings is 1. The predicted octanol–water partition coefficient (Wildman–Crippen LogP) is 3.68. The van der Waals surface area contributed by atoms with Crippen molar-refractivity contribution in [2.45, 2.75) is 18.5 Å². The molecule has 0 bridgehead atoms. The summed E-state index contributed by atoms with van der Waals surface area (Å²) in [5.74, 6) is 0.722. The summed E-state index contributed by atoms with van der Waals surface area (Å²) in [5, 5.41) is 6.83. The molecule has 7 heteroatoms. The van der Waals surface area contributed by atoms with Gasteiger partial charge in [0.1, 0.15) is 11.8 Å². The van der Waals surface area contributed by atoms with Gasteiger partial charge in [-0.05, 0) is 48.6 Å². The quantitative estimate of drug-likeness (QED) is 0.624. The Bertz CT molecular complexity index is 932. The molecule has 2 atom stereocenters. The molecule has 142 valence electrons. The Labute approximate surface area is 168 Å². The van der Waals surface area contributed by atoms with Gasteiger partial charge in [0.05, 0.1) is 18.0 Å². The first-order valence-electron chi connectivity index (χ1n) is 9.09. The van der Waals surface area contributed by atoms with Gasteiger partial charge in [-0.15, -0.1) is 0 Å². The lowest BCUT2D eigenvalue weighted by Crippen LogP contribution is -2.32. The van der Waals surface area contributed by atoms with Crippen LogP contribution in [0.25, 0.3) is 0 Å². The number of aromatic nitrogens is 1. The standard InChI is InChI=1S/C21H20N4O2S/c26-18(23-15-7-2-1-3-8-15)11-13-25-20(17-10-6-14-27-17)19(24-21(25)28)16-9-4-5-12-22-16/h1-10,12,14,19-20H,11,13H2,(H,23,26)(H,24,28). The molecule has 3 aromatic rings. The Morgan fingerprint density at radius 3 is 2.68 bits per heavy atom. The number of carbonyl (C=O) groups excluding carboxylic acids is 1. The maximum Gasteiger partial charge on any atom is 0.226 e. The zero-order valence-corrected chi connectivity index (χ0v) is 15.9. The van der Waals surface area contributed by atoms with Gasteiger partial charge in [0.15, 0.2) is 5.11 Å². The molecule has 0 aliphatic carbocycles. The van der Waals surface area contributed by atoms with E-state index in [-0.39, 0.29) is 18.0 Å². The van der Waals surface area contributed by atoms with Crippen LogP contribution in [-0.2, 0) is 4.79 Å². The van der Waals surface area contributed by atoms with Gasteiger partial charge in [-0.1, -0.05) is 24.3 Å². The lowest BCUT2D eigenvalue weighted by molar-refractivity contribution is -0.116. The Hall–Kier alpha value is -3.19. The molecule has 28 heavy (non-hydrogen) atoms. The highest BCUT2D eigenvalue weighted by molar-refractivity contribution is 7.80. The average molecular weight is 392 g/mol. The van der Waals surface area contributed by atoms with Gasteiger partial charge in [0, 0.05) is 24.8 Å². The molecule has 1 fully saturated rings. The van der Waals surface area contributed by atoms with Crippen LogP contribution in [0.3, 0.4) is 0 Å². The summed E-state index contributed by atoms with van der Waals surface area (Å²) in [6, 6.07) is 18.7. The highest BCUT2D eigenvalue weighted by atomic mass is 32.1. The summed E-state index contributed by atoms with van der Waals surface area (Å²) < 4.78 is 5.68. The molecular formula is C21H20N4O2S. The number of nitrogens with zero attached hydrogens (tertiary/aromatic N) is 2. The molecule has 0 spiro atoms. The Balaban J connectivity index is 1.50. The summed E-state index contributed by atoms with van der Waals surface area (Å²) in [4.78, 5) is 18.9. The van der Waals surface area contributed by atoms with Gasteiger partial charge in [-0.25, -0.2) is 0 Å². The molecule has 2 aromatic heterocycles. The minimum Gasteiger partial charge on any atom is -0.467 e. The van der Waals surface area contributed by atoms with E-state index in [1.165, 1.54) is 0 Å². The largest absolute Gasteiger partial charge is 0.467 e. The molecule has 2 N–H and O–H groups in total. The molecule has 4 rings (SSSR count). The molecule has 3 heterocycles. The number of furan rings is 1. The predicted molar refractivity (Wildman–Crippen MR) is 111 cm³/mol. The number of amides is 1. The van der Waals surface area contributed by atoms with Crippen LogP contribution in [0, 0.1) is 0 Å². The van der Waals surface area contributed by atoms with Crippen molar-refractivity contribution in [1.82, 2.24) is 15.2 Å². The van der Waals surface area contributed by atoms with E-state index in [4.69, 9.17) is 16.6 Å². The van der Waals surface area contributed by atoms with Crippen LogP contribution in [0.1, 0.15) is 30.0 Å². The van der Waals surface area contributed by atoms with Gasteiger partial charge in [0.25, 0.3) is 0 Å². The maximum atomic E-state index is 12.4. The van der Waals surface area contributed by atoms with Gasteiger partial charge >= 0.3 is 0 Å². The first-order valence-corrected chi connectivity index (χ1v) is 9.49. The number of rotatable bonds is 6. The minimum absolute atomic E-state index is 0.0616. The van der Waals surface area contributed by atoms with Crippen molar-refractivity contribution in [3.05, 3.63) is 84.6 Å². The number of benzene rings is 1. The number of anilines is 1. The van der Waals surface area contributed by atoms with Crippen LogP contribution in [-0.4, -0.2) is 27.4 Å². The zero-order chi connectivity index (χ0) is 19.3. The number of hydrogen-bond donors (Lipinski definition) is 2. The van der Waals surface area contributed by atoms with Crippen LogP contribution in [0.4, 0.5) is 5.69 Å². The second-order valence-electron chi connectivity index (χ2n) is 6.50. The zero-order valence-electron chi connectivity index (χ0n) is 15.1. The topological polar surface area (TPSA) is 70.4 Å². The Kier molecular flexibility index (Phi) is 5.34. The SMILES string of the molecule is O=C(CCN1C(=S)NC(c2ccccn2)C1c1ccco1)Nc1ccccc1. The molecule has 0 radical (unpaired) electrons. The lowest BCUT2D eigenvalue weighted by Gasteiger charge is -2.25. The summed E-state index contributed by atoms with van der Waals surface area (Å²) in [6.07, 6.45) is 3.71. The van der Waals surface area contributed by atoms with E-state index >= 15 is 0 Å². The summed E-state index contributed by atoms with van der Waals surface area (Å²) in [5.41, 5.74) is 1.66. The van der Waals surface area contributed by atoms with Gasteiger partial charge in [0.2, 0.25) is 5.91 Å². The van der Waals surface area contributed by atoms with E-state index in [0.717, 1.165) is 17.1 Å². The third-order valence-corrected chi connectivity index (χ3v) is 5.02. The van der Waals surface area contributed by atoms with Crippen molar-refractivity contribution in [2.75, 3.05) is 11.9 Å². The summed E-state index contributed by atoms with van der Waals surface area (Å²) in [7, 11) is 0. The second kappa shape index (κ2) is 8.22. The molecule has 1 aromatic carbocycles. The van der Waals surface area contributed by atoms with Crippen LogP contribution < -0.4 is 10.6 Å². The molecular weight excluding hydrogens is 372 g/mol. The molecule has 6 nitrogen and oxygen atoms in total. The van der Waals surface area contributed by atoms with Crippen molar-refractivity contribution in [3.8, 4) is 0 Å². The van der Waals surface area contributed by atoms with E-state index in [0.29, 0.717) is 18.1 Å². The normalized spacial score (nSPS) is 18.7. The van der Waals surface area contributed by atoms with E-state index in [1.807, 2.05) is 65.6 Å². The molecule has 2 unspecified atom stereocenters. The van der Waals surface area contributed by atoms with E-state index < -0.39 is 0 Å². The number of hydrogen-bond acceptors (Lipinski definition) is 4. The van der Waals surface area contributed by atoms with Crippen LogP contribution in [0.15, 0.2) is 77.5 Å². The maximum absolute atomic E-state index is 12.4. The molecule has 1 saturated heterocycles. The van der Waals surface area contributed by atoms with E-state index in [9.17, 15) is 4.79 Å². The minimum atomic E-state index is -0.165. The summed E-state index contributed by atoms with van der Waals surface area (Å²) in [6.45, 7) is 0.471. The monoisotopic (exact) mass is 392 g/mol. The fraction of sp³-hybridized carbons (Fsp3) is 0.190. The number of carbonyl (C=O) groups is 1. The van der Waals surface area contributed by atoms with Crippen molar-refractivity contribution in [3.63, 3.8) is 0 Å². The highest BCUT2D eigenvalue weighted by Crippen LogP contribution is 2.38. The Morgan fingerprint density at radius 1 is 1.14 bits per heavy atom. The van der Waals surface area contributed by atoms with E-state index in [1.54, 1.807) is 12.5 Å². The third-order valence-electron chi connectivity index (χ3n) is 4.67. The molecule has 1 aliphatic rings. The van der Waals surface area contributed by atoms with Crippen molar-refractivity contribution in [1.29, 1.82) is 0 Å². The fourth-order valence-electron chi connectivity index (χ4n) is 3.38. The smallest absolute Gasteiger partial charge is 0.226 e. The lowest BCUT2D eigenvalue weighted by atomic mass is 10.0. The molecule has 0 saturated carbocycles. The highest BCUT2D eigenvalue weighted by Gasteiger charge is 2.41. The Morgan fingerprint density at radius 2 is 1.96 bits per heavy atom. The van der Waals surface area contributed by atoms with Gasteiger partial charge in [-0.2, -0.15) is 0 Å². The van der Waals surface area contributed by atoms with Crippen LogP contribution >= 0.6 is 12.2 Å². The van der Waals surface area contributed by atoms with Crippen molar-refractivity contribution >= 4 is 28.9 Å². The number of thiocarbonyl (C=S) groups is 1.